The molecule has 7 nitrogen and oxygen atoms in total. The fourth-order valence-corrected chi connectivity index (χ4v) is 3.16. The molecule has 0 radical (unpaired) electrons. The number of hydrogen-bond donors (Lipinski definition) is 2. The summed E-state index contributed by atoms with van der Waals surface area (Å²) in [6.07, 6.45) is 0.0658. The molecule has 0 aliphatic heterocycles. The van der Waals surface area contributed by atoms with Crippen molar-refractivity contribution < 1.29 is 22.7 Å². The third-order valence-electron chi connectivity index (χ3n) is 3.57. The van der Waals surface area contributed by atoms with Crippen LogP contribution in [0, 0.1) is 5.92 Å². The number of rotatable bonds is 12. The molecular weight excluding hydrogens is 368 g/mol. The van der Waals surface area contributed by atoms with Gasteiger partial charge in [0, 0.05) is 19.7 Å². The van der Waals surface area contributed by atoms with Crippen LogP contribution >= 0.6 is 0 Å². The molecule has 2 N–H and O–H groups in total. The Morgan fingerprint density at radius 3 is 2.26 bits per heavy atom. The third-order valence-corrected chi connectivity index (χ3v) is 5.04. The Morgan fingerprint density at radius 2 is 1.70 bits per heavy atom. The Hall–Kier alpha value is -1.64. The van der Waals surface area contributed by atoms with Gasteiger partial charge in [0.05, 0.1) is 11.0 Å². The van der Waals surface area contributed by atoms with Gasteiger partial charge in [-0.2, -0.15) is 0 Å². The number of sulfonamides is 1. The monoisotopic (exact) mass is 400 g/mol. The molecule has 0 unspecified atom stereocenters. The largest absolute Gasteiger partial charge is 0.481 e. The van der Waals surface area contributed by atoms with E-state index in [4.69, 9.17) is 9.47 Å². The van der Waals surface area contributed by atoms with Crippen molar-refractivity contribution in [2.45, 2.75) is 58.1 Å². The van der Waals surface area contributed by atoms with Gasteiger partial charge in [-0.25, -0.2) is 13.1 Å². The van der Waals surface area contributed by atoms with Crippen molar-refractivity contribution >= 4 is 15.9 Å². The van der Waals surface area contributed by atoms with Crippen LogP contribution in [-0.4, -0.2) is 46.2 Å². The van der Waals surface area contributed by atoms with Crippen molar-refractivity contribution in [2.24, 2.45) is 5.92 Å². The standard InChI is InChI=1S/C19H32N2O5S/c1-14(2)13-20-19(22)16(5)26-17-7-9-18(10-8-17)27(23,24)21-11-6-12-25-15(3)4/h7-10,14-16,21H,6,11-13H2,1-5H3,(H,20,22)/t16-/m0/s1. The van der Waals surface area contributed by atoms with Gasteiger partial charge in [0.15, 0.2) is 6.10 Å². The van der Waals surface area contributed by atoms with Gasteiger partial charge in [-0.05, 0) is 57.4 Å². The molecule has 27 heavy (non-hydrogen) atoms. The van der Waals surface area contributed by atoms with Crippen molar-refractivity contribution in [2.75, 3.05) is 19.7 Å². The Labute approximate surface area is 162 Å². The first kappa shape index (κ1) is 23.4. The van der Waals surface area contributed by atoms with E-state index in [1.54, 1.807) is 19.1 Å². The third kappa shape index (κ3) is 9.21. The van der Waals surface area contributed by atoms with Crippen molar-refractivity contribution in [3.8, 4) is 5.75 Å². The number of carbonyl (C=O) groups is 1. The lowest BCUT2D eigenvalue weighted by Crippen LogP contribution is -2.38. The van der Waals surface area contributed by atoms with Crippen molar-refractivity contribution in [3.63, 3.8) is 0 Å². The summed E-state index contributed by atoms with van der Waals surface area (Å²) in [5.74, 6) is 0.590. The molecule has 1 rings (SSSR count). The van der Waals surface area contributed by atoms with Crippen LogP contribution in [0.25, 0.3) is 0 Å². The summed E-state index contributed by atoms with van der Waals surface area (Å²) >= 11 is 0. The molecule has 0 spiro atoms. The molecule has 1 amide bonds. The van der Waals surface area contributed by atoms with Crippen LogP contribution in [0.1, 0.15) is 41.0 Å². The number of benzene rings is 1. The topological polar surface area (TPSA) is 93.7 Å². The van der Waals surface area contributed by atoms with Crippen LogP contribution < -0.4 is 14.8 Å². The van der Waals surface area contributed by atoms with E-state index in [9.17, 15) is 13.2 Å². The highest BCUT2D eigenvalue weighted by molar-refractivity contribution is 7.89. The molecule has 1 atom stereocenters. The average molecular weight is 401 g/mol. The van der Waals surface area contributed by atoms with Gasteiger partial charge in [0.25, 0.3) is 5.91 Å². The first-order valence-corrected chi connectivity index (χ1v) is 10.8. The van der Waals surface area contributed by atoms with Gasteiger partial charge >= 0.3 is 0 Å². The van der Waals surface area contributed by atoms with Crippen LogP contribution in [0.2, 0.25) is 0 Å². The van der Waals surface area contributed by atoms with Crippen molar-refractivity contribution in [1.82, 2.24) is 10.0 Å². The molecule has 8 heteroatoms. The number of ether oxygens (including phenoxy) is 2. The molecule has 0 aromatic heterocycles. The van der Waals surface area contributed by atoms with Crippen LogP contribution in [0.15, 0.2) is 29.2 Å². The summed E-state index contributed by atoms with van der Waals surface area (Å²) in [5, 5.41) is 2.80. The SMILES string of the molecule is CC(C)CNC(=O)[C@H](C)Oc1ccc(S(=O)(=O)NCCCOC(C)C)cc1. The van der Waals surface area contributed by atoms with E-state index in [0.717, 1.165) is 0 Å². The molecule has 0 saturated carbocycles. The van der Waals surface area contributed by atoms with E-state index in [1.165, 1.54) is 12.1 Å². The fraction of sp³-hybridized carbons (Fsp3) is 0.632. The number of nitrogens with one attached hydrogen (secondary N) is 2. The molecule has 154 valence electrons. The highest BCUT2D eigenvalue weighted by Crippen LogP contribution is 2.17. The normalized spacial score (nSPS) is 13.0. The Kier molecular flexibility index (Phi) is 9.76. The fourth-order valence-electron chi connectivity index (χ4n) is 2.08. The maximum Gasteiger partial charge on any atom is 0.260 e. The van der Waals surface area contributed by atoms with Crippen molar-refractivity contribution in [3.05, 3.63) is 24.3 Å². The number of amides is 1. The summed E-state index contributed by atoms with van der Waals surface area (Å²) < 4.78 is 38.0. The highest BCUT2D eigenvalue weighted by Gasteiger charge is 2.16. The zero-order valence-electron chi connectivity index (χ0n) is 16.8. The van der Waals surface area contributed by atoms with E-state index < -0.39 is 16.1 Å². The number of carbonyl (C=O) groups excluding carboxylic acids is 1. The molecule has 1 aromatic rings. The van der Waals surface area contributed by atoms with E-state index in [2.05, 4.69) is 10.0 Å². The molecule has 0 bridgehead atoms. The minimum Gasteiger partial charge on any atom is -0.481 e. The van der Waals surface area contributed by atoms with Gasteiger partial charge in [-0.3, -0.25) is 4.79 Å². The average Bonchev–Trinajstić information content (AvgIpc) is 2.59. The number of hydrogen-bond acceptors (Lipinski definition) is 5. The lowest BCUT2D eigenvalue weighted by Gasteiger charge is -2.16. The van der Waals surface area contributed by atoms with Crippen LogP contribution in [0.4, 0.5) is 0 Å². The first-order chi connectivity index (χ1) is 12.6. The van der Waals surface area contributed by atoms with E-state index >= 15 is 0 Å². The second kappa shape index (κ2) is 11.3. The zero-order chi connectivity index (χ0) is 20.4. The molecule has 0 fully saturated rings. The summed E-state index contributed by atoms with van der Waals surface area (Å²) in [4.78, 5) is 12.1. The van der Waals surface area contributed by atoms with Crippen molar-refractivity contribution in [1.29, 1.82) is 0 Å². The zero-order valence-corrected chi connectivity index (χ0v) is 17.6. The predicted octanol–water partition coefficient (Wildman–Crippen LogP) is 2.32. The lowest BCUT2D eigenvalue weighted by atomic mass is 10.2. The van der Waals surface area contributed by atoms with Crippen LogP contribution in [0.3, 0.4) is 0 Å². The Morgan fingerprint density at radius 1 is 1.07 bits per heavy atom. The summed E-state index contributed by atoms with van der Waals surface area (Å²) in [6, 6.07) is 6.01. The second-order valence-electron chi connectivity index (χ2n) is 7.04. The molecular formula is C19H32N2O5S. The smallest absolute Gasteiger partial charge is 0.260 e. The van der Waals surface area contributed by atoms with Gasteiger partial charge < -0.3 is 14.8 Å². The molecule has 0 heterocycles. The minimum absolute atomic E-state index is 0.129. The van der Waals surface area contributed by atoms with Gasteiger partial charge in [-0.15, -0.1) is 0 Å². The molecule has 1 aromatic carbocycles. The van der Waals surface area contributed by atoms with Crippen LogP contribution in [0.5, 0.6) is 5.75 Å². The first-order valence-electron chi connectivity index (χ1n) is 9.27. The van der Waals surface area contributed by atoms with Gasteiger partial charge in [-0.1, -0.05) is 13.8 Å². The van der Waals surface area contributed by atoms with Crippen LogP contribution in [-0.2, 0) is 19.6 Å². The second-order valence-corrected chi connectivity index (χ2v) is 8.81. The van der Waals surface area contributed by atoms with E-state index in [-0.39, 0.29) is 16.9 Å². The maximum atomic E-state index is 12.3. The molecule has 0 aliphatic carbocycles. The highest BCUT2D eigenvalue weighted by atomic mass is 32.2. The summed E-state index contributed by atoms with van der Waals surface area (Å²) in [6.45, 7) is 10.9. The van der Waals surface area contributed by atoms with Gasteiger partial charge in [0.1, 0.15) is 5.75 Å². The molecule has 0 aliphatic rings. The van der Waals surface area contributed by atoms with E-state index in [0.29, 0.717) is 37.8 Å². The lowest BCUT2D eigenvalue weighted by molar-refractivity contribution is -0.127. The predicted molar refractivity (Wildman–Crippen MR) is 105 cm³/mol. The Bertz CT molecular complexity index is 672. The van der Waals surface area contributed by atoms with E-state index in [1.807, 2.05) is 27.7 Å². The summed E-state index contributed by atoms with van der Waals surface area (Å²) in [7, 11) is -3.58. The quantitative estimate of drug-likeness (QED) is 0.525. The molecule has 0 saturated heterocycles. The minimum atomic E-state index is -3.58. The van der Waals surface area contributed by atoms with Gasteiger partial charge in [0.2, 0.25) is 10.0 Å². The maximum absolute atomic E-state index is 12.3. The summed E-state index contributed by atoms with van der Waals surface area (Å²) in [5.41, 5.74) is 0. The Balaban J connectivity index is 2.53.